The zero-order chi connectivity index (χ0) is 13.7. The molecule has 2 heterocycles. The second-order valence-electron chi connectivity index (χ2n) is 3.92. The molecule has 2 aromatic rings. The molecule has 0 radical (unpaired) electrons. The van der Waals surface area contributed by atoms with E-state index in [4.69, 9.17) is 10.2 Å². The first-order valence-electron chi connectivity index (χ1n) is 5.79. The van der Waals surface area contributed by atoms with Crippen molar-refractivity contribution in [1.82, 2.24) is 5.32 Å². The van der Waals surface area contributed by atoms with Crippen LogP contribution in [0.1, 0.15) is 26.6 Å². The van der Waals surface area contributed by atoms with Crippen molar-refractivity contribution in [3.63, 3.8) is 0 Å². The number of furan rings is 1. The van der Waals surface area contributed by atoms with E-state index in [1.165, 1.54) is 6.26 Å². The van der Waals surface area contributed by atoms with Gasteiger partial charge in [-0.05, 0) is 19.1 Å². The quantitative estimate of drug-likeness (QED) is 0.840. The molecule has 0 saturated heterocycles. The topological polar surface area (TPSA) is 68.3 Å². The average Bonchev–Trinajstić information content (AvgIpc) is 3.02. The summed E-state index contributed by atoms with van der Waals surface area (Å²) in [6.07, 6.45) is 1.51. The molecule has 0 aliphatic heterocycles. The molecule has 2 rings (SSSR count). The Morgan fingerprint density at radius 3 is 3.11 bits per heavy atom. The van der Waals surface area contributed by atoms with E-state index in [9.17, 15) is 4.79 Å². The van der Waals surface area contributed by atoms with Crippen LogP contribution in [-0.4, -0.2) is 12.5 Å². The number of nitrogens with two attached hydrogens (primary N) is 1. The third-order valence-electron chi connectivity index (χ3n) is 2.48. The molecule has 2 aromatic heterocycles. The van der Waals surface area contributed by atoms with E-state index in [1.807, 2.05) is 18.4 Å². The summed E-state index contributed by atoms with van der Waals surface area (Å²) in [6, 6.07) is 3.71. The summed E-state index contributed by atoms with van der Waals surface area (Å²) in [5.41, 5.74) is 7.07. The third-order valence-corrected chi connectivity index (χ3v) is 3.42. The molecule has 0 spiro atoms. The lowest BCUT2D eigenvalue weighted by atomic mass is 10.2. The maximum Gasteiger partial charge on any atom is 0.287 e. The number of rotatable bonds is 3. The summed E-state index contributed by atoms with van der Waals surface area (Å²) in [7, 11) is 0. The minimum atomic E-state index is -0.203. The summed E-state index contributed by atoms with van der Waals surface area (Å²) in [4.78, 5) is 12.9. The highest BCUT2D eigenvalue weighted by Crippen LogP contribution is 2.14. The second-order valence-corrected chi connectivity index (χ2v) is 4.92. The molecular formula is C14H14N2O2S. The van der Waals surface area contributed by atoms with Gasteiger partial charge < -0.3 is 15.5 Å². The smallest absolute Gasteiger partial charge is 0.287 e. The Bertz CT molecular complexity index is 631. The van der Waals surface area contributed by atoms with E-state index in [1.54, 1.807) is 17.4 Å². The maximum absolute atomic E-state index is 11.8. The van der Waals surface area contributed by atoms with E-state index in [0.29, 0.717) is 18.8 Å². The van der Waals surface area contributed by atoms with E-state index < -0.39 is 0 Å². The van der Waals surface area contributed by atoms with E-state index >= 15 is 0 Å². The van der Waals surface area contributed by atoms with Crippen molar-refractivity contribution in [2.75, 3.05) is 6.54 Å². The fourth-order valence-corrected chi connectivity index (χ4v) is 2.30. The number of hydrogen-bond donors (Lipinski definition) is 2. The normalized spacial score (nSPS) is 9.79. The first kappa shape index (κ1) is 13.4. The SMILES string of the molecule is Cc1ccoc1C(=O)NCc1cc(C#CCN)cs1. The number of carbonyl (C=O) groups excluding carboxylic acids is 1. The zero-order valence-corrected chi connectivity index (χ0v) is 11.3. The molecule has 0 aliphatic rings. The van der Waals surface area contributed by atoms with Crippen LogP contribution in [0.4, 0.5) is 0 Å². The van der Waals surface area contributed by atoms with Crippen LogP contribution < -0.4 is 11.1 Å². The van der Waals surface area contributed by atoms with Crippen molar-refractivity contribution in [2.24, 2.45) is 5.73 Å². The predicted octanol–water partition coefficient (Wildman–Crippen LogP) is 1.89. The monoisotopic (exact) mass is 274 g/mol. The van der Waals surface area contributed by atoms with E-state index in [0.717, 1.165) is 16.0 Å². The Kier molecular flexibility index (Phi) is 4.39. The van der Waals surface area contributed by atoms with Gasteiger partial charge in [0.2, 0.25) is 0 Å². The first-order valence-corrected chi connectivity index (χ1v) is 6.67. The molecule has 0 atom stereocenters. The van der Waals surface area contributed by atoms with Gasteiger partial charge in [0, 0.05) is 21.4 Å². The van der Waals surface area contributed by atoms with Gasteiger partial charge in [-0.15, -0.1) is 11.3 Å². The van der Waals surface area contributed by atoms with Gasteiger partial charge in [0.25, 0.3) is 5.91 Å². The predicted molar refractivity (Wildman–Crippen MR) is 74.9 cm³/mol. The Hall–Kier alpha value is -2.03. The number of hydrogen-bond acceptors (Lipinski definition) is 4. The Balaban J connectivity index is 1.94. The van der Waals surface area contributed by atoms with Crippen LogP contribution in [0.5, 0.6) is 0 Å². The van der Waals surface area contributed by atoms with Crippen LogP contribution in [0, 0.1) is 18.8 Å². The number of carbonyl (C=O) groups is 1. The Labute approximate surface area is 115 Å². The molecule has 5 heteroatoms. The van der Waals surface area contributed by atoms with Crippen molar-refractivity contribution in [3.8, 4) is 11.8 Å². The van der Waals surface area contributed by atoms with Gasteiger partial charge in [0.15, 0.2) is 5.76 Å². The highest BCUT2D eigenvalue weighted by atomic mass is 32.1. The minimum absolute atomic E-state index is 0.203. The lowest BCUT2D eigenvalue weighted by Gasteiger charge is -2.01. The standard InChI is InChI=1S/C14H14N2O2S/c1-10-4-6-18-13(10)14(17)16-8-12-7-11(9-19-12)3-2-5-15/h4,6-7,9H,5,8,15H2,1H3,(H,16,17). The summed E-state index contributed by atoms with van der Waals surface area (Å²) < 4.78 is 5.13. The first-order chi connectivity index (χ1) is 9.20. The number of aryl methyl sites for hydroxylation is 1. The van der Waals surface area contributed by atoms with Crippen LogP contribution in [0.15, 0.2) is 28.2 Å². The molecule has 0 aromatic carbocycles. The summed E-state index contributed by atoms with van der Waals surface area (Å²) >= 11 is 1.55. The van der Waals surface area contributed by atoms with Crippen molar-refractivity contribution >= 4 is 17.2 Å². The summed E-state index contributed by atoms with van der Waals surface area (Å²) in [6.45, 7) is 2.65. The Morgan fingerprint density at radius 1 is 1.58 bits per heavy atom. The zero-order valence-electron chi connectivity index (χ0n) is 10.5. The molecule has 98 valence electrons. The van der Waals surface area contributed by atoms with Gasteiger partial charge in [-0.2, -0.15) is 0 Å². The van der Waals surface area contributed by atoms with Crippen LogP contribution in [0.3, 0.4) is 0 Å². The van der Waals surface area contributed by atoms with Crippen molar-refractivity contribution < 1.29 is 9.21 Å². The average molecular weight is 274 g/mol. The van der Waals surface area contributed by atoms with Crippen molar-refractivity contribution in [1.29, 1.82) is 0 Å². The van der Waals surface area contributed by atoms with Gasteiger partial charge in [-0.25, -0.2) is 0 Å². The van der Waals surface area contributed by atoms with Gasteiger partial charge in [0.1, 0.15) is 0 Å². The molecule has 1 amide bonds. The molecule has 0 fully saturated rings. The van der Waals surface area contributed by atoms with Crippen LogP contribution in [0.25, 0.3) is 0 Å². The van der Waals surface area contributed by atoms with E-state index in [-0.39, 0.29) is 5.91 Å². The second kappa shape index (κ2) is 6.23. The molecule has 4 nitrogen and oxygen atoms in total. The maximum atomic E-state index is 11.8. The lowest BCUT2D eigenvalue weighted by molar-refractivity contribution is 0.0922. The number of thiophene rings is 1. The third kappa shape index (κ3) is 3.47. The fourth-order valence-electron chi connectivity index (χ4n) is 1.55. The van der Waals surface area contributed by atoms with Gasteiger partial charge in [-0.3, -0.25) is 4.79 Å². The van der Waals surface area contributed by atoms with Crippen LogP contribution >= 0.6 is 11.3 Å². The molecular weight excluding hydrogens is 260 g/mol. The van der Waals surface area contributed by atoms with Gasteiger partial charge in [0.05, 0.1) is 19.4 Å². The highest BCUT2D eigenvalue weighted by Gasteiger charge is 2.12. The lowest BCUT2D eigenvalue weighted by Crippen LogP contribution is -2.22. The molecule has 19 heavy (non-hydrogen) atoms. The number of amides is 1. The van der Waals surface area contributed by atoms with Crippen molar-refractivity contribution in [2.45, 2.75) is 13.5 Å². The summed E-state index contributed by atoms with van der Waals surface area (Å²) in [5.74, 6) is 5.91. The fraction of sp³-hybridized carbons (Fsp3) is 0.214. The highest BCUT2D eigenvalue weighted by molar-refractivity contribution is 7.10. The molecule has 0 aliphatic carbocycles. The largest absolute Gasteiger partial charge is 0.459 e. The van der Waals surface area contributed by atoms with E-state index in [2.05, 4.69) is 17.2 Å². The molecule has 0 unspecified atom stereocenters. The molecule has 0 saturated carbocycles. The Morgan fingerprint density at radius 2 is 2.42 bits per heavy atom. The van der Waals surface area contributed by atoms with Crippen LogP contribution in [0.2, 0.25) is 0 Å². The van der Waals surface area contributed by atoms with Crippen molar-refractivity contribution in [3.05, 3.63) is 45.5 Å². The van der Waals surface area contributed by atoms with Gasteiger partial charge in [-0.1, -0.05) is 11.8 Å². The molecule has 0 bridgehead atoms. The van der Waals surface area contributed by atoms with Crippen LogP contribution in [-0.2, 0) is 6.54 Å². The molecule has 3 N–H and O–H groups in total. The number of nitrogens with one attached hydrogen (secondary N) is 1. The summed E-state index contributed by atoms with van der Waals surface area (Å²) in [5, 5.41) is 4.76. The van der Waals surface area contributed by atoms with Gasteiger partial charge >= 0.3 is 0 Å². The minimum Gasteiger partial charge on any atom is -0.459 e.